The third-order valence-corrected chi connectivity index (χ3v) is 9.73. The molecule has 0 saturated heterocycles. The van der Waals surface area contributed by atoms with Gasteiger partial charge in [-0.2, -0.15) is 0 Å². The molecule has 3 aliphatic carbocycles. The summed E-state index contributed by atoms with van der Waals surface area (Å²) in [6, 6.07) is 0. The molecular weight excluding hydrogens is 419 g/mol. The Morgan fingerprint density at radius 2 is 1.91 bits per heavy atom. The van der Waals surface area contributed by atoms with E-state index < -0.39 is 0 Å². The van der Waals surface area contributed by atoms with Gasteiger partial charge in [0.1, 0.15) is 0 Å². The average Bonchev–Trinajstić information content (AvgIpc) is 3.29. The van der Waals surface area contributed by atoms with Gasteiger partial charge in [-0.1, -0.05) is 119 Å². The number of rotatable bonds is 15. The molecule has 1 heteroatoms. The molecule has 0 N–H and O–H groups in total. The predicted octanol–water partition coefficient (Wildman–Crippen LogP) is 10.6. The lowest BCUT2D eigenvalue weighted by molar-refractivity contribution is 0.213. The fraction of sp³-hybridized carbons (Fsp3) is 0.765. The van der Waals surface area contributed by atoms with E-state index in [9.17, 15) is 0 Å². The molecule has 1 fully saturated rings. The van der Waals surface area contributed by atoms with E-state index >= 15 is 0 Å². The Balaban J connectivity index is 1.65. The van der Waals surface area contributed by atoms with Crippen LogP contribution in [0.1, 0.15) is 124 Å². The van der Waals surface area contributed by atoms with E-state index in [1.165, 1.54) is 103 Å². The minimum Gasteiger partial charge on any atom is -0.0885 e. The zero-order valence-electron chi connectivity index (χ0n) is 23.5. The molecule has 4 unspecified atom stereocenters. The van der Waals surface area contributed by atoms with Crippen LogP contribution >= 0.6 is 0 Å². The van der Waals surface area contributed by atoms with Crippen LogP contribution in [-0.4, -0.2) is 7.85 Å². The topological polar surface area (TPSA) is 0 Å². The highest BCUT2D eigenvalue weighted by Crippen LogP contribution is 2.42. The summed E-state index contributed by atoms with van der Waals surface area (Å²) in [7, 11) is 6.25. The first-order chi connectivity index (χ1) is 17.1. The molecule has 6 atom stereocenters. The van der Waals surface area contributed by atoms with Gasteiger partial charge >= 0.3 is 0 Å². The van der Waals surface area contributed by atoms with Crippen LogP contribution in [0.25, 0.3) is 0 Å². The normalized spacial score (nSPS) is 27.6. The van der Waals surface area contributed by atoms with E-state index in [-0.39, 0.29) is 0 Å². The third kappa shape index (κ3) is 9.44. The summed E-state index contributed by atoms with van der Waals surface area (Å²) < 4.78 is 0. The van der Waals surface area contributed by atoms with Gasteiger partial charge in [0.2, 0.25) is 0 Å². The van der Waals surface area contributed by atoms with Crippen LogP contribution in [-0.2, 0) is 0 Å². The van der Waals surface area contributed by atoms with Gasteiger partial charge in [0.25, 0.3) is 0 Å². The van der Waals surface area contributed by atoms with Crippen molar-refractivity contribution in [1.29, 1.82) is 0 Å². The molecule has 0 aromatic rings. The summed E-state index contributed by atoms with van der Waals surface area (Å²) in [6.07, 6.45) is 37.3. The standard InChI is InChI=1S/C34H55B/c1-4-5-7-20-33(31-16-8-6-9-17-31)34(32-24-22-27(2)23-25-32)21-12-15-29(26-35)14-11-19-30-18-10-13-28(30)3/h6,8,12,15,22,24,28-31,33-34H,4-5,7,9-11,13-14,16-21,23,25-26H2,1-3H3/b15-12-/t28?,29-,30+,31?,33?,34?/m0/s1. The molecule has 0 amide bonds. The highest BCUT2D eigenvalue weighted by Gasteiger charge is 2.31. The third-order valence-electron chi connectivity index (χ3n) is 9.73. The molecule has 0 bridgehead atoms. The van der Waals surface area contributed by atoms with Crippen LogP contribution in [0.5, 0.6) is 0 Å². The van der Waals surface area contributed by atoms with Crippen LogP contribution in [0.2, 0.25) is 6.32 Å². The van der Waals surface area contributed by atoms with Gasteiger partial charge in [-0.15, -0.1) is 0 Å². The molecule has 2 radical (unpaired) electrons. The zero-order valence-corrected chi connectivity index (χ0v) is 23.5. The minimum absolute atomic E-state index is 0.561. The molecule has 0 nitrogen and oxygen atoms in total. The van der Waals surface area contributed by atoms with Crippen LogP contribution < -0.4 is 0 Å². The van der Waals surface area contributed by atoms with Crippen LogP contribution in [0.3, 0.4) is 0 Å². The molecule has 0 aromatic heterocycles. The Morgan fingerprint density at radius 3 is 2.57 bits per heavy atom. The lowest BCUT2D eigenvalue weighted by atomic mass is 9.68. The molecule has 0 aromatic carbocycles. The van der Waals surface area contributed by atoms with Gasteiger partial charge in [0.05, 0.1) is 7.85 Å². The second-order valence-electron chi connectivity index (χ2n) is 12.3. The summed E-state index contributed by atoms with van der Waals surface area (Å²) in [5, 5.41) is 0. The lowest BCUT2D eigenvalue weighted by Crippen LogP contribution is -2.26. The van der Waals surface area contributed by atoms with Gasteiger partial charge in [-0.25, -0.2) is 0 Å². The molecule has 194 valence electrons. The Hall–Kier alpha value is -0.975. The first kappa shape index (κ1) is 28.6. The summed E-state index contributed by atoms with van der Waals surface area (Å²) in [5.41, 5.74) is 3.28. The smallest absolute Gasteiger partial charge is 0.0660 e. The monoisotopic (exact) mass is 474 g/mol. The first-order valence-electron chi connectivity index (χ1n) is 15.5. The molecule has 0 heterocycles. The summed E-state index contributed by atoms with van der Waals surface area (Å²) in [5.74, 6) is 4.89. The number of allylic oxidation sites excluding steroid dienone is 8. The lowest BCUT2D eigenvalue weighted by Gasteiger charge is -2.37. The van der Waals surface area contributed by atoms with Crippen LogP contribution in [0.4, 0.5) is 0 Å². The van der Waals surface area contributed by atoms with Crippen molar-refractivity contribution in [2.75, 3.05) is 0 Å². The minimum atomic E-state index is 0.561. The predicted molar refractivity (Wildman–Crippen MR) is 157 cm³/mol. The quantitative estimate of drug-likeness (QED) is 0.126. The molecule has 0 aliphatic heterocycles. The van der Waals surface area contributed by atoms with E-state index in [2.05, 4.69) is 57.2 Å². The van der Waals surface area contributed by atoms with E-state index in [4.69, 9.17) is 7.85 Å². The largest absolute Gasteiger partial charge is 0.0885 e. The van der Waals surface area contributed by atoms with E-state index in [1.807, 2.05) is 0 Å². The Morgan fingerprint density at radius 1 is 1.03 bits per heavy atom. The Labute approximate surface area is 220 Å². The van der Waals surface area contributed by atoms with E-state index in [0.29, 0.717) is 11.8 Å². The first-order valence-corrected chi connectivity index (χ1v) is 15.5. The fourth-order valence-electron chi connectivity index (χ4n) is 7.27. The molecular formula is C34H55B. The molecule has 3 rings (SSSR count). The van der Waals surface area contributed by atoms with Crippen LogP contribution in [0, 0.1) is 35.5 Å². The van der Waals surface area contributed by atoms with Gasteiger partial charge in [0.15, 0.2) is 0 Å². The molecule has 0 spiro atoms. The van der Waals surface area contributed by atoms with Gasteiger partial charge in [-0.05, 0) is 93.8 Å². The maximum atomic E-state index is 6.25. The van der Waals surface area contributed by atoms with Crippen molar-refractivity contribution in [2.45, 2.75) is 130 Å². The highest BCUT2D eigenvalue weighted by atomic mass is 14.4. The van der Waals surface area contributed by atoms with Crippen molar-refractivity contribution < 1.29 is 0 Å². The summed E-state index contributed by atoms with van der Waals surface area (Å²) in [4.78, 5) is 0. The Bertz CT molecular complexity index is 710. The molecule has 3 aliphatic rings. The van der Waals surface area contributed by atoms with Crippen molar-refractivity contribution in [3.8, 4) is 0 Å². The van der Waals surface area contributed by atoms with Crippen molar-refractivity contribution >= 4 is 7.85 Å². The van der Waals surface area contributed by atoms with Crippen molar-refractivity contribution in [1.82, 2.24) is 0 Å². The number of hydrogen-bond acceptors (Lipinski definition) is 0. The second kappa shape index (κ2) is 16.0. The van der Waals surface area contributed by atoms with Gasteiger partial charge < -0.3 is 0 Å². The summed E-state index contributed by atoms with van der Waals surface area (Å²) in [6.45, 7) is 7.11. The maximum Gasteiger partial charge on any atom is 0.0660 e. The molecule has 35 heavy (non-hydrogen) atoms. The van der Waals surface area contributed by atoms with Gasteiger partial charge in [0, 0.05) is 0 Å². The van der Waals surface area contributed by atoms with Crippen molar-refractivity contribution in [2.24, 2.45) is 35.5 Å². The average molecular weight is 475 g/mol. The van der Waals surface area contributed by atoms with E-state index in [1.54, 1.807) is 11.1 Å². The zero-order chi connectivity index (χ0) is 24.9. The van der Waals surface area contributed by atoms with Crippen molar-refractivity contribution in [3.63, 3.8) is 0 Å². The van der Waals surface area contributed by atoms with Crippen LogP contribution in [0.15, 0.2) is 47.6 Å². The number of unbranched alkanes of at least 4 members (excludes halogenated alkanes) is 2. The summed E-state index contributed by atoms with van der Waals surface area (Å²) >= 11 is 0. The maximum absolute atomic E-state index is 6.25. The number of hydrogen-bond donors (Lipinski definition) is 0. The van der Waals surface area contributed by atoms with Crippen molar-refractivity contribution in [3.05, 3.63) is 47.6 Å². The van der Waals surface area contributed by atoms with Gasteiger partial charge in [-0.3, -0.25) is 0 Å². The highest BCUT2D eigenvalue weighted by molar-refractivity contribution is 6.08. The Kier molecular flexibility index (Phi) is 13.1. The second-order valence-corrected chi connectivity index (χ2v) is 12.3. The molecule has 1 saturated carbocycles. The SMILES string of the molecule is [B]C[C@H](/C=C\CC(C1=CC=C(C)CC1)C(CCCCC)C1CC=CCC1)CCC[C@H]1CCCC1C. The fourth-order valence-corrected chi connectivity index (χ4v) is 7.27. The van der Waals surface area contributed by atoms with E-state index in [0.717, 1.165) is 30.0 Å².